The van der Waals surface area contributed by atoms with Crippen molar-refractivity contribution in [2.45, 2.75) is 11.8 Å². The summed E-state index contributed by atoms with van der Waals surface area (Å²) >= 11 is 0. The molecule has 0 unspecified atom stereocenters. The average molecular weight is 396 g/mol. The van der Waals surface area contributed by atoms with Crippen molar-refractivity contribution in [1.82, 2.24) is 0 Å². The molecule has 8 nitrogen and oxygen atoms in total. The number of hydrogen-bond donors (Lipinski definition) is 2. The molecular formula is C19H16N4O4S. The van der Waals surface area contributed by atoms with E-state index in [0.29, 0.717) is 22.7 Å². The van der Waals surface area contributed by atoms with Crippen LogP contribution in [0.15, 0.2) is 92.1 Å². The molecule has 28 heavy (non-hydrogen) atoms. The van der Waals surface area contributed by atoms with Crippen LogP contribution in [-0.2, 0) is 10.1 Å². The maximum absolute atomic E-state index is 11.0. The number of nitrogens with zero attached hydrogens (tertiary/aromatic N) is 4. The molecule has 0 fully saturated rings. The molecular weight excluding hydrogens is 380 g/mol. The third-order valence-electron chi connectivity index (χ3n) is 3.67. The van der Waals surface area contributed by atoms with E-state index in [1.807, 2.05) is 6.92 Å². The highest BCUT2D eigenvalue weighted by Crippen LogP contribution is 2.29. The lowest BCUT2D eigenvalue weighted by atomic mass is 10.2. The fraction of sp³-hybridized carbons (Fsp3) is 0.0526. The summed E-state index contributed by atoms with van der Waals surface area (Å²) < 4.78 is 31.0. The van der Waals surface area contributed by atoms with Gasteiger partial charge in [0.1, 0.15) is 11.4 Å². The molecule has 0 atom stereocenters. The number of phenolic OH excluding ortho intramolecular Hbond substituents is 1. The van der Waals surface area contributed by atoms with Crippen LogP contribution in [0.25, 0.3) is 0 Å². The van der Waals surface area contributed by atoms with Crippen LogP contribution in [0.4, 0.5) is 22.7 Å². The van der Waals surface area contributed by atoms with E-state index in [4.69, 9.17) is 4.55 Å². The monoisotopic (exact) mass is 396 g/mol. The maximum atomic E-state index is 11.0. The molecule has 0 heterocycles. The molecule has 2 N–H and O–H groups in total. The second-order valence-corrected chi connectivity index (χ2v) is 7.30. The first-order valence-electron chi connectivity index (χ1n) is 8.12. The molecule has 142 valence electrons. The van der Waals surface area contributed by atoms with Gasteiger partial charge in [0.2, 0.25) is 0 Å². The van der Waals surface area contributed by atoms with Gasteiger partial charge in [-0.15, -0.1) is 5.11 Å². The van der Waals surface area contributed by atoms with Crippen molar-refractivity contribution >= 4 is 32.9 Å². The average Bonchev–Trinajstić information content (AvgIpc) is 2.67. The number of hydrogen-bond acceptors (Lipinski definition) is 7. The number of aryl methyl sites for hydroxylation is 1. The van der Waals surface area contributed by atoms with Crippen molar-refractivity contribution in [3.8, 4) is 5.75 Å². The van der Waals surface area contributed by atoms with Crippen LogP contribution in [0.2, 0.25) is 0 Å². The third-order valence-corrected chi connectivity index (χ3v) is 4.54. The minimum absolute atomic E-state index is 0.0554. The molecule has 0 aliphatic rings. The summed E-state index contributed by atoms with van der Waals surface area (Å²) in [6, 6.07) is 17.2. The fourth-order valence-corrected chi connectivity index (χ4v) is 2.69. The molecule has 0 bridgehead atoms. The number of azo groups is 2. The Morgan fingerprint density at radius 3 is 1.68 bits per heavy atom. The van der Waals surface area contributed by atoms with Gasteiger partial charge in [0.15, 0.2) is 0 Å². The number of phenols is 1. The topological polar surface area (TPSA) is 124 Å². The van der Waals surface area contributed by atoms with E-state index < -0.39 is 10.1 Å². The van der Waals surface area contributed by atoms with E-state index in [1.54, 1.807) is 42.5 Å². The number of aromatic hydroxyl groups is 1. The first-order chi connectivity index (χ1) is 13.3. The zero-order chi connectivity index (χ0) is 20.1. The quantitative estimate of drug-likeness (QED) is 0.419. The van der Waals surface area contributed by atoms with Crippen LogP contribution in [0.1, 0.15) is 5.56 Å². The van der Waals surface area contributed by atoms with Gasteiger partial charge in [-0.1, -0.05) is 6.07 Å². The largest absolute Gasteiger partial charge is 0.506 e. The molecule has 0 saturated heterocycles. The zero-order valence-electron chi connectivity index (χ0n) is 14.8. The van der Waals surface area contributed by atoms with Gasteiger partial charge < -0.3 is 5.11 Å². The van der Waals surface area contributed by atoms with Gasteiger partial charge in [-0.25, -0.2) is 0 Å². The van der Waals surface area contributed by atoms with Crippen LogP contribution in [0.5, 0.6) is 5.75 Å². The van der Waals surface area contributed by atoms with Crippen molar-refractivity contribution in [3.05, 3.63) is 72.3 Å². The lowest BCUT2D eigenvalue weighted by Crippen LogP contribution is -1.96. The molecule has 0 aliphatic heterocycles. The molecule has 9 heteroatoms. The van der Waals surface area contributed by atoms with Crippen LogP contribution in [0.3, 0.4) is 0 Å². The van der Waals surface area contributed by atoms with Gasteiger partial charge in [-0.3, -0.25) is 4.55 Å². The van der Waals surface area contributed by atoms with Crippen molar-refractivity contribution in [2.75, 3.05) is 0 Å². The summed E-state index contributed by atoms with van der Waals surface area (Å²) in [7, 11) is -4.23. The van der Waals surface area contributed by atoms with Gasteiger partial charge in [0.05, 0.1) is 22.0 Å². The zero-order valence-corrected chi connectivity index (χ0v) is 15.6. The Kier molecular flexibility index (Phi) is 5.57. The Morgan fingerprint density at radius 1 is 0.714 bits per heavy atom. The smallest absolute Gasteiger partial charge is 0.294 e. The van der Waals surface area contributed by atoms with E-state index in [1.165, 1.54) is 24.3 Å². The summed E-state index contributed by atoms with van der Waals surface area (Å²) in [6.45, 7) is 1.90. The Hall–Kier alpha value is -3.43. The summed E-state index contributed by atoms with van der Waals surface area (Å²) in [6.07, 6.45) is 0. The molecule has 3 aromatic rings. The molecule has 3 aromatic carbocycles. The van der Waals surface area contributed by atoms with Crippen molar-refractivity contribution in [3.63, 3.8) is 0 Å². The molecule has 0 saturated carbocycles. The van der Waals surface area contributed by atoms with Crippen molar-refractivity contribution in [1.29, 1.82) is 0 Å². The molecule has 0 radical (unpaired) electrons. The first kappa shape index (κ1) is 19.3. The molecule has 3 rings (SSSR count). The highest BCUT2D eigenvalue weighted by molar-refractivity contribution is 7.85. The Labute approximate surface area is 161 Å². The van der Waals surface area contributed by atoms with Gasteiger partial charge >= 0.3 is 0 Å². The summed E-state index contributed by atoms with van der Waals surface area (Å²) in [5.41, 5.74) is 2.93. The highest BCUT2D eigenvalue weighted by atomic mass is 32.2. The lowest BCUT2D eigenvalue weighted by Gasteiger charge is -1.99. The predicted octanol–water partition coefficient (Wildman–Crippen LogP) is 5.78. The maximum Gasteiger partial charge on any atom is 0.294 e. The van der Waals surface area contributed by atoms with Crippen molar-refractivity contribution < 1.29 is 18.1 Å². The van der Waals surface area contributed by atoms with Gasteiger partial charge in [-0.05, 0) is 73.2 Å². The minimum atomic E-state index is -4.23. The summed E-state index contributed by atoms with van der Waals surface area (Å²) in [5.74, 6) is 0.0554. The third kappa shape index (κ3) is 5.06. The lowest BCUT2D eigenvalue weighted by molar-refractivity contribution is 0.476. The normalized spacial score (nSPS) is 12.1. The van der Waals surface area contributed by atoms with E-state index in [9.17, 15) is 13.5 Å². The Bertz CT molecular complexity index is 1140. The minimum Gasteiger partial charge on any atom is -0.506 e. The summed E-state index contributed by atoms with van der Waals surface area (Å²) in [5, 5.41) is 26.0. The number of rotatable bonds is 5. The number of benzene rings is 3. The summed E-state index contributed by atoms with van der Waals surface area (Å²) in [4.78, 5) is -0.208. The van der Waals surface area contributed by atoms with Crippen LogP contribution >= 0.6 is 0 Å². The van der Waals surface area contributed by atoms with E-state index in [2.05, 4.69) is 20.5 Å². The standard InChI is InChI=1S/C19H16N4O4S/c1-13-2-11-19(24)18(12-13)23-22-15-5-3-14(4-6-15)20-21-16-7-9-17(10-8-16)28(25,26)27/h2-12,24H,1H3,(H,25,26,27). The van der Waals surface area contributed by atoms with Crippen LogP contribution in [0, 0.1) is 6.92 Å². The highest BCUT2D eigenvalue weighted by Gasteiger charge is 2.08. The fourth-order valence-electron chi connectivity index (χ4n) is 2.21. The predicted molar refractivity (Wildman–Crippen MR) is 104 cm³/mol. The molecule has 0 spiro atoms. The second kappa shape index (κ2) is 8.07. The van der Waals surface area contributed by atoms with Crippen molar-refractivity contribution in [2.24, 2.45) is 20.5 Å². The van der Waals surface area contributed by atoms with E-state index in [-0.39, 0.29) is 10.6 Å². The van der Waals surface area contributed by atoms with E-state index >= 15 is 0 Å². The Balaban J connectivity index is 1.69. The van der Waals surface area contributed by atoms with Crippen LogP contribution in [-0.4, -0.2) is 18.1 Å². The molecule has 0 aromatic heterocycles. The molecule has 0 amide bonds. The second-order valence-electron chi connectivity index (χ2n) is 5.88. The van der Waals surface area contributed by atoms with Gasteiger partial charge in [-0.2, -0.15) is 23.8 Å². The first-order valence-corrected chi connectivity index (χ1v) is 9.56. The van der Waals surface area contributed by atoms with Gasteiger partial charge in [0, 0.05) is 0 Å². The Morgan fingerprint density at radius 2 is 1.18 bits per heavy atom. The molecule has 0 aliphatic carbocycles. The van der Waals surface area contributed by atoms with Crippen LogP contribution < -0.4 is 0 Å². The van der Waals surface area contributed by atoms with Gasteiger partial charge in [0.25, 0.3) is 10.1 Å². The van der Waals surface area contributed by atoms with E-state index in [0.717, 1.165) is 5.56 Å². The SMILES string of the molecule is Cc1ccc(O)c(N=Nc2ccc(N=Nc3ccc(S(=O)(=O)O)cc3)cc2)c1.